The third kappa shape index (κ3) is 3.91. The summed E-state index contributed by atoms with van der Waals surface area (Å²) in [5, 5.41) is 0. The first-order chi connectivity index (χ1) is 9.20. The van der Waals surface area contributed by atoms with Gasteiger partial charge in [0.05, 0.1) is 15.1 Å². The molecule has 0 aromatic rings. The van der Waals surface area contributed by atoms with Crippen molar-refractivity contribution in [3.63, 3.8) is 0 Å². The lowest BCUT2D eigenvalue weighted by Gasteiger charge is -2.37. The Labute approximate surface area is 138 Å². The fraction of sp³-hybridized carbons (Fsp3) is 0.625. The van der Waals surface area contributed by atoms with Crippen LogP contribution in [0.3, 0.4) is 0 Å². The first-order valence-electron chi connectivity index (χ1n) is 6.84. The Morgan fingerprint density at radius 1 is 1.00 bits per heavy atom. The van der Waals surface area contributed by atoms with E-state index in [9.17, 15) is 9.59 Å². The third-order valence-corrected chi connectivity index (χ3v) is 5.22. The van der Waals surface area contributed by atoms with Crippen LogP contribution in [0.4, 0.5) is 0 Å². The Balaban J connectivity index is 3.24. The molecule has 0 saturated heterocycles. The fourth-order valence-corrected chi connectivity index (χ4v) is 4.48. The molecule has 0 spiro atoms. The number of ketones is 2. The Kier molecular flexibility index (Phi) is 6.39. The zero-order valence-corrected chi connectivity index (χ0v) is 15.7. The molecule has 1 rings (SSSR count). The van der Waals surface area contributed by atoms with Gasteiger partial charge in [0.2, 0.25) is 0 Å². The van der Waals surface area contributed by atoms with Crippen molar-refractivity contribution in [3.05, 3.63) is 23.3 Å². The predicted octanol–water partition coefficient (Wildman–Crippen LogP) is 4.75. The number of hydrogen-bond donors (Lipinski definition) is 0. The lowest BCUT2D eigenvalue weighted by molar-refractivity contribution is -0.142. The lowest BCUT2D eigenvalue weighted by atomic mass is 9.67. The molecule has 112 valence electrons. The number of halogens is 2. The highest BCUT2D eigenvalue weighted by molar-refractivity contribution is 9.10. The van der Waals surface area contributed by atoms with Crippen molar-refractivity contribution in [1.82, 2.24) is 0 Å². The summed E-state index contributed by atoms with van der Waals surface area (Å²) in [5.41, 5.74) is 1.34. The van der Waals surface area contributed by atoms with Crippen LogP contribution in [-0.2, 0) is 9.59 Å². The quantitative estimate of drug-likeness (QED) is 0.384. The molecule has 0 radical (unpaired) electrons. The number of hydrogen-bond acceptors (Lipinski definition) is 2. The van der Waals surface area contributed by atoms with Crippen LogP contribution in [0.5, 0.6) is 0 Å². The average Bonchev–Trinajstić information content (AvgIpc) is 2.36. The van der Waals surface area contributed by atoms with E-state index in [1.54, 1.807) is 0 Å². The van der Waals surface area contributed by atoms with Crippen LogP contribution in [0.15, 0.2) is 23.3 Å². The number of alkyl halides is 2. The first kappa shape index (κ1) is 17.8. The molecule has 0 bridgehead atoms. The van der Waals surface area contributed by atoms with Gasteiger partial charge in [0.15, 0.2) is 11.6 Å². The molecular weight excluding hydrogens is 384 g/mol. The van der Waals surface area contributed by atoms with Crippen LogP contribution in [0.1, 0.15) is 47.0 Å². The van der Waals surface area contributed by atoms with Crippen molar-refractivity contribution in [1.29, 1.82) is 0 Å². The summed E-state index contributed by atoms with van der Waals surface area (Å²) < 4.78 is 0. The molecule has 1 fully saturated rings. The minimum Gasteiger partial charge on any atom is -0.297 e. The van der Waals surface area contributed by atoms with Crippen LogP contribution in [0.25, 0.3) is 0 Å². The molecule has 20 heavy (non-hydrogen) atoms. The van der Waals surface area contributed by atoms with Crippen molar-refractivity contribution in [2.24, 2.45) is 5.41 Å². The topological polar surface area (TPSA) is 34.1 Å². The number of carbonyl (C=O) groups is 2. The molecule has 1 saturated carbocycles. The largest absolute Gasteiger partial charge is 0.297 e. The maximum absolute atomic E-state index is 12.7. The van der Waals surface area contributed by atoms with Gasteiger partial charge in [-0.3, -0.25) is 9.59 Å². The molecule has 2 unspecified atom stereocenters. The number of rotatable bonds is 4. The van der Waals surface area contributed by atoms with Crippen LogP contribution >= 0.6 is 31.9 Å². The highest BCUT2D eigenvalue weighted by Crippen LogP contribution is 2.42. The van der Waals surface area contributed by atoms with Crippen molar-refractivity contribution in [2.45, 2.75) is 56.6 Å². The van der Waals surface area contributed by atoms with E-state index in [1.165, 1.54) is 0 Å². The van der Waals surface area contributed by atoms with E-state index >= 15 is 0 Å². The molecule has 0 aromatic heterocycles. The zero-order chi connectivity index (χ0) is 15.5. The van der Waals surface area contributed by atoms with E-state index in [-0.39, 0.29) is 21.2 Å². The average molecular weight is 406 g/mol. The van der Waals surface area contributed by atoms with E-state index in [0.717, 1.165) is 11.1 Å². The summed E-state index contributed by atoms with van der Waals surface area (Å²) >= 11 is 6.88. The molecule has 1 aliphatic carbocycles. The molecule has 0 amide bonds. The van der Waals surface area contributed by atoms with Gasteiger partial charge in [-0.25, -0.2) is 0 Å². The van der Waals surface area contributed by atoms with Gasteiger partial charge < -0.3 is 0 Å². The van der Waals surface area contributed by atoms with Gasteiger partial charge in [-0.05, 0) is 47.0 Å². The SMILES string of the molecule is CC(C)=CCC1(CC=C(C)C)C(=O)C(Br)CC(Br)C1=O. The summed E-state index contributed by atoms with van der Waals surface area (Å²) in [7, 11) is 0. The zero-order valence-electron chi connectivity index (χ0n) is 12.5. The second-order valence-electron chi connectivity index (χ2n) is 5.95. The maximum Gasteiger partial charge on any atom is 0.160 e. The summed E-state index contributed by atoms with van der Waals surface area (Å²) in [6, 6.07) is 0. The summed E-state index contributed by atoms with van der Waals surface area (Å²) in [6.45, 7) is 7.96. The number of Topliss-reactive ketones (excluding diaryl/α,β-unsaturated/α-hetero) is 2. The molecule has 2 atom stereocenters. The molecular formula is C16H22Br2O2. The number of allylic oxidation sites excluding steroid dienone is 4. The van der Waals surface area contributed by atoms with Crippen LogP contribution in [0, 0.1) is 5.41 Å². The van der Waals surface area contributed by atoms with Gasteiger partial charge in [0, 0.05) is 0 Å². The molecule has 1 aliphatic rings. The van der Waals surface area contributed by atoms with Gasteiger partial charge >= 0.3 is 0 Å². The predicted molar refractivity (Wildman–Crippen MR) is 90.6 cm³/mol. The molecule has 0 aliphatic heterocycles. The highest BCUT2D eigenvalue weighted by Gasteiger charge is 2.52. The molecule has 0 heterocycles. The lowest BCUT2D eigenvalue weighted by Crippen LogP contribution is -2.51. The second kappa shape index (κ2) is 7.17. The van der Waals surface area contributed by atoms with E-state index in [2.05, 4.69) is 31.9 Å². The standard InChI is InChI=1S/C16H22Br2O2/c1-10(2)5-7-16(8-6-11(3)4)14(19)12(17)9-13(18)15(16)20/h5-6,12-13H,7-9H2,1-4H3. The summed E-state index contributed by atoms with van der Waals surface area (Å²) in [4.78, 5) is 24.9. The Bertz CT molecular complexity index is 413. The third-order valence-electron chi connectivity index (χ3n) is 3.64. The minimum atomic E-state index is -0.922. The molecule has 0 N–H and O–H groups in total. The first-order valence-corrected chi connectivity index (χ1v) is 8.67. The van der Waals surface area contributed by atoms with Crippen molar-refractivity contribution >= 4 is 43.4 Å². The Hall–Kier alpha value is -0.220. The Morgan fingerprint density at radius 3 is 1.65 bits per heavy atom. The van der Waals surface area contributed by atoms with Gasteiger partial charge in [0.25, 0.3) is 0 Å². The van der Waals surface area contributed by atoms with E-state index in [4.69, 9.17) is 0 Å². The van der Waals surface area contributed by atoms with Gasteiger partial charge in [-0.1, -0.05) is 55.2 Å². The summed E-state index contributed by atoms with van der Waals surface area (Å²) in [6.07, 6.45) is 5.50. The van der Waals surface area contributed by atoms with Gasteiger partial charge in [-0.2, -0.15) is 0 Å². The maximum atomic E-state index is 12.7. The Morgan fingerprint density at radius 2 is 1.35 bits per heavy atom. The van der Waals surface area contributed by atoms with Crippen LogP contribution < -0.4 is 0 Å². The smallest absolute Gasteiger partial charge is 0.160 e. The van der Waals surface area contributed by atoms with Crippen LogP contribution in [-0.4, -0.2) is 21.2 Å². The van der Waals surface area contributed by atoms with Gasteiger partial charge in [-0.15, -0.1) is 0 Å². The molecule has 2 nitrogen and oxygen atoms in total. The minimum absolute atomic E-state index is 0.0215. The van der Waals surface area contributed by atoms with E-state index in [0.29, 0.717) is 19.3 Å². The van der Waals surface area contributed by atoms with Crippen molar-refractivity contribution < 1.29 is 9.59 Å². The fourth-order valence-electron chi connectivity index (χ4n) is 2.36. The normalized spacial score (nSPS) is 25.3. The van der Waals surface area contributed by atoms with E-state index in [1.807, 2.05) is 39.8 Å². The van der Waals surface area contributed by atoms with Crippen molar-refractivity contribution in [2.75, 3.05) is 0 Å². The molecule has 4 heteroatoms. The van der Waals surface area contributed by atoms with Crippen LogP contribution in [0.2, 0.25) is 0 Å². The molecule has 0 aromatic carbocycles. The highest BCUT2D eigenvalue weighted by atomic mass is 79.9. The monoisotopic (exact) mass is 404 g/mol. The second-order valence-corrected chi connectivity index (χ2v) is 8.16. The van der Waals surface area contributed by atoms with Gasteiger partial charge in [0.1, 0.15) is 0 Å². The summed E-state index contributed by atoms with van der Waals surface area (Å²) in [5.74, 6) is 0.0430. The van der Waals surface area contributed by atoms with E-state index < -0.39 is 5.41 Å². The number of carbonyl (C=O) groups excluding carboxylic acids is 2. The van der Waals surface area contributed by atoms with Crippen molar-refractivity contribution in [3.8, 4) is 0 Å².